The van der Waals surface area contributed by atoms with Crippen molar-refractivity contribution in [2.24, 2.45) is 0 Å². The first-order chi connectivity index (χ1) is 11.6. The van der Waals surface area contributed by atoms with Gasteiger partial charge in [0, 0.05) is 37.3 Å². The largest absolute Gasteiger partial charge is 0.375 e. The molecule has 142 valence electrons. The molecule has 1 saturated carbocycles. The molecule has 4 fully saturated rings. The van der Waals surface area contributed by atoms with E-state index < -0.39 is 0 Å². The lowest BCUT2D eigenvalue weighted by Gasteiger charge is -2.40. The Morgan fingerprint density at radius 1 is 0.917 bits per heavy atom. The zero-order chi connectivity index (χ0) is 17.7. The summed E-state index contributed by atoms with van der Waals surface area (Å²) < 4.78 is 11.2. The van der Waals surface area contributed by atoms with Crippen molar-refractivity contribution in [1.29, 1.82) is 0 Å². The summed E-state index contributed by atoms with van der Waals surface area (Å²) in [6.45, 7) is 17.3. The van der Waals surface area contributed by atoms with Crippen molar-refractivity contribution in [1.82, 2.24) is 9.80 Å². The van der Waals surface area contributed by atoms with Gasteiger partial charge in [-0.3, -0.25) is 9.80 Å². The molecule has 3 heterocycles. The molecule has 1 aliphatic carbocycles. The normalized spacial score (nSPS) is 35.5. The van der Waals surface area contributed by atoms with Gasteiger partial charge in [0.05, 0.1) is 25.4 Å². The first-order valence-corrected chi connectivity index (χ1v) is 10.3. The number of fused-ring (bicyclic) bond motifs is 3. The quantitative estimate of drug-likeness (QED) is 0.767. The molecule has 3 saturated heterocycles. The van der Waals surface area contributed by atoms with Crippen LogP contribution in [0.1, 0.15) is 67.2 Å². The summed E-state index contributed by atoms with van der Waals surface area (Å²) in [7, 11) is 0. The van der Waals surface area contributed by atoms with Crippen LogP contribution in [0.5, 0.6) is 0 Å². The molecule has 0 spiro atoms. The maximum atomic E-state index is 5.74. The van der Waals surface area contributed by atoms with Gasteiger partial charge in [-0.2, -0.15) is 0 Å². The van der Waals surface area contributed by atoms with Crippen molar-refractivity contribution >= 4 is 0 Å². The fraction of sp³-hybridized carbons (Fsp3) is 1.00. The van der Waals surface area contributed by atoms with Gasteiger partial charge in [0.25, 0.3) is 0 Å². The van der Waals surface area contributed by atoms with E-state index in [2.05, 4.69) is 37.5 Å². The van der Waals surface area contributed by atoms with Crippen molar-refractivity contribution in [3.8, 4) is 0 Å². The average molecular weight is 341 g/mol. The summed E-state index contributed by atoms with van der Waals surface area (Å²) >= 11 is 0. The predicted octanol–water partition coefficient (Wildman–Crippen LogP) is 3.54. The van der Waals surface area contributed by atoms with Gasteiger partial charge >= 0.3 is 0 Å². The topological polar surface area (TPSA) is 24.9 Å². The van der Waals surface area contributed by atoms with Gasteiger partial charge in [0.2, 0.25) is 0 Å². The Bertz CT molecular complexity index is 362. The van der Waals surface area contributed by atoms with Gasteiger partial charge in [0.1, 0.15) is 0 Å². The SMILES string of the molecule is CC.CC(C)N1CC2CC1CO2.CC(C)N1CCOC2CCCC21. The Labute approximate surface area is 149 Å². The van der Waals surface area contributed by atoms with Gasteiger partial charge < -0.3 is 9.47 Å². The molecule has 4 unspecified atom stereocenters. The van der Waals surface area contributed by atoms with Gasteiger partial charge in [0.15, 0.2) is 0 Å². The van der Waals surface area contributed by atoms with E-state index in [1.165, 1.54) is 32.2 Å². The van der Waals surface area contributed by atoms with Crippen LogP contribution in [-0.4, -0.2) is 72.5 Å². The summed E-state index contributed by atoms with van der Waals surface area (Å²) in [4.78, 5) is 5.16. The first-order valence-electron chi connectivity index (χ1n) is 10.3. The lowest BCUT2D eigenvalue weighted by molar-refractivity contribution is -0.0666. The number of likely N-dealkylation sites (tertiary alicyclic amines) is 1. The van der Waals surface area contributed by atoms with E-state index in [1.807, 2.05) is 13.8 Å². The fourth-order valence-corrected chi connectivity index (χ4v) is 4.66. The van der Waals surface area contributed by atoms with Gasteiger partial charge in [-0.05, 0) is 53.4 Å². The molecule has 0 amide bonds. The molecule has 0 radical (unpaired) electrons. The summed E-state index contributed by atoms with van der Waals surface area (Å²) in [5.74, 6) is 0. The fourth-order valence-electron chi connectivity index (χ4n) is 4.66. The second-order valence-electron chi connectivity index (χ2n) is 7.87. The van der Waals surface area contributed by atoms with Crippen LogP contribution in [0.25, 0.3) is 0 Å². The smallest absolute Gasteiger partial charge is 0.0731 e. The lowest BCUT2D eigenvalue weighted by Crippen LogP contribution is -2.51. The van der Waals surface area contributed by atoms with Crippen LogP contribution in [0.4, 0.5) is 0 Å². The van der Waals surface area contributed by atoms with Gasteiger partial charge in [-0.1, -0.05) is 13.8 Å². The number of morpholine rings is 2. The minimum atomic E-state index is 0.557. The highest BCUT2D eigenvalue weighted by atomic mass is 16.5. The number of ether oxygens (including phenoxy) is 2. The average Bonchev–Trinajstić information content (AvgIpc) is 3.32. The molecule has 3 aliphatic heterocycles. The maximum absolute atomic E-state index is 5.74. The molecule has 4 nitrogen and oxygen atoms in total. The Hall–Kier alpha value is -0.160. The number of rotatable bonds is 2. The summed E-state index contributed by atoms with van der Waals surface area (Å²) in [5.41, 5.74) is 0. The molecular formula is C20H40N2O2. The van der Waals surface area contributed by atoms with Crippen molar-refractivity contribution in [2.45, 2.75) is 104 Å². The first kappa shape index (κ1) is 20.2. The van der Waals surface area contributed by atoms with E-state index in [4.69, 9.17) is 9.47 Å². The van der Waals surface area contributed by atoms with E-state index in [1.54, 1.807) is 0 Å². The highest BCUT2D eigenvalue weighted by molar-refractivity contribution is 4.92. The molecule has 4 aliphatic rings. The molecule has 4 atom stereocenters. The molecule has 0 aromatic heterocycles. The Balaban J connectivity index is 0.000000160. The van der Waals surface area contributed by atoms with E-state index in [-0.39, 0.29) is 0 Å². The van der Waals surface area contributed by atoms with Crippen LogP contribution >= 0.6 is 0 Å². The predicted molar refractivity (Wildman–Crippen MR) is 101 cm³/mol. The summed E-state index contributed by atoms with van der Waals surface area (Å²) in [6, 6.07) is 2.88. The number of nitrogens with zero attached hydrogens (tertiary/aromatic N) is 2. The van der Waals surface area contributed by atoms with Crippen LogP contribution in [0.2, 0.25) is 0 Å². The minimum Gasteiger partial charge on any atom is -0.375 e. The zero-order valence-electron chi connectivity index (χ0n) is 16.8. The van der Waals surface area contributed by atoms with E-state index in [9.17, 15) is 0 Å². The van der Waals surface area contributed by atoms with Gasteiger partial charge in [-0.15, -0.1) is 0 Å². The number of hydrogen-bond acceptors (Lipinski definition) is 4. The van der Waals surface area contributed by atoms with Crippen LogP contribution in [0.3, 0.4) is 0 Å². The molecular weight excluding hydrogens is 300 g/mol. The maximum Gasteiger partial charge on any atom is 0.0731 e. The van der Waals surface area contributed by atoms with Crippen LogP contribution in [-0.2, 0) is 9.47 Å². The second-order valence-corrected chi connectivity index (χ2v) is 7.87. The van der Waals surface area contributed by atoms with Crippen LogP contribution in [0, 0.1) is 0 Å². The van der Waals surface area contributed by atoms with Crippen LogP contribution in [0.15, 0.2) is 0 Å². The molecule has 0 aromatic carbocycles. The Kier molecular flexibility index (Phi) is 7.99. The van der Waals surface area contributed by atoms with Crippen LogP contribution < -0.4 is 0 Å². The summed E-state index contributed by atoms with van der Waals surface area (Å²) in [6.07, 6.45) is 6.39. The zero-order valence-corrected chi connectivity index (χ0v) is 16.8. The van der Waals surface area contributed by atoms with Gasteiger partial charge in [-0.25, -0.2) is 0 Å². The monoisotopic (exact) mass is 340 g/mol. The number of hydrogen-bond donors (Lipinski definition) is 0. The van der Waals surface area contributed by atoms with E-state index >= 15 is 0 Å². The highest BCUT2D eigenvalue weighted by Crippen LogP contribution is 2.30. The molecule has 24 heavy (non-hydrogen) atoms. The minimum absolute atomic E-state index is 0.557. The summed E-state index contributed by atoms with van der Waals surface area (Å²) in [5, 5.41) is 0. The lowest BCUT2D eigenvalue weighted by atomic mass is 10.1. The standard InChI is InChI=1S/C10H19NO.C8H15NO.C2H6/c1-8(2)11-6-7-12-10-5-3-4-9(10)11;1-6(2)9-4-8-3-7(9)5-10-8;1-2/h8-10H,3-7H2,1-2H3;6-8H,3-5H2,1-2H3;1-2H3. The van der Waals surface area contributed by atoms with Crippen molar-refractivity contribution in [3.05, 3.63) is 0 Å². The highest BCUT2D eigenvalue weighted by Gasteiger charge is 2.39. The Morgan fingerprint density at radius 3 is 2.12 bits per heavy atom. The van der Waals surface area contributed by atoms with E-state index in [0.717, 1.165) is 31.8 Å². The van der Waals surface area contributed by atoms with Crippen molar-refractivity contribution < 1.29 is 9.47 Å². The molecule has 4 heteroatoms. The third kappa shape index (κ3) is 4.72. The second kappa shape index (κ2) is 9.51. The Morgan fingerprint density at radius 2 is 1.62 bits per heavy atom. The van der Waals surface area contributed by atoms with Crippen molar-refractivity contribution in [3.63, 3.8) is 0 Å². The van der Waals surface area contributed by atoms with E-state index in [0.29, 0.717) is 24.3 Å². The molecule has 4 rings (SSSR count). The molecule has 2 bridgehead atoms. The van der Waals surface area contributed by atoms with Crippen molar-refractivity contribution in [2.75, 3.05) is 26.3 Å². The third-order valence-electron chi connectivity index (χ3n) is 5.79. The third-order valence-corrected chi connectivity index (χ3v) is 5.79. The molecule has 0 N–H and O–H groups in total. The molecule has 0 aromatic rings.